The van der Waals surface area contributed by atoms with Crippen LogP contribution in [0.5, 0.6) is 5.75 Å². The van der Waals surface area contributed by atoms with E-state index in [0.717, 1.165) is 40.4 Å². The fraction of sp³-hybridized carbons (Fsp3) is 0.0909. The molecule has 0 saturated heterocycles. The largest absolute Gasteiger partial charge is 0.497 e. The van der Waals surface area contributed by atoms with Crippen LogP contribution in [-0.4, -0.2) is 28.3 Å². The Balaban J connectivity index is 1.45. The van der Waals surface area contributed by atoms with Gasteiger partial charge in [0.2, 0.25) is 0 Å². The molecule has 4 rings (SSSR count). The minimum Gasteiger partial charge on any atom is -0.497 e. The molecule has 2 aromatic carbocycles. The van der Waals surface area contributed by atoms with E-state index in [-0.39, 0.29) is 0 Å². The third kappa shape index (κ3) is 3.82. The number of rotatable bonds is 6. The standard InChI is InChI=1S/C22H20N4O/c1-27-20-9-7-17(8-10-20)4-3-13-23-19-6-2-5-18(16-19)21-11-14-24-22-12-15-25-26(21)22/h2-12,14-16,23H,13H2,1H3/b4-3+. The van der Waals surface area contributed by atoms with Crippen molar-refractivity contribution in [3.8, 4) is 17.0 Å². The van der Waals surface area contributed by atoms with Gasteiger partial charge < -0.3 is 10.1 Å². The molecular weight excluding hydrogens is 336 g/mol. The first kappa shape index (κ1) is 16.8. The predicted octanol–water partition coefficient (Wildman–Crippen LogP) is 4.53. The molecule has 4 aromatic rings. The molecule has 5 heteroatoms. The van der Waals surface area contributed by atoms with Crippen LogP contribution in [0, 0.1) is 0 Å². The maximum Gasteiger partial charge on any atom is 0.155 e. The molecule has 0 aliphatic rings. The summed E-state index contributed by atoms with van der Waals surface area (Å²) in [4.78, 5) is 4.32. The van der Waals surface area contributed by atoms with Gasteiger partial charge in [-0.15, -0.1) is 0 Å². The fourth-order valence-electron chi connectivity index (χ4n) is 2.93. The topological polar surface area (TPSA) is 51.5 Å². The Hall–Kier alpha value is -3.60. The van der Waals surface area contributed by atoms with E-state index in [9.17, 15) is 0 Å². The second-order valence-electron chi connectivity index (χ2n) is 6.07. The lowest BCUT2D eigenvalue weighted by molar-refractivity contribution is 0.415. The van der Waals surface area contributed by atoms with Crippen LogP contribution >= 0.6 is 0 Å². The summed E-state index contributed by atoms with van der Waals surface area (Å²) in [6, 6.07) is 20.2. The molecule has 134 valence electrons. The van der Waals surface area contributed by atoms with Crippen LogP contribution in [0.2, 0.25) is 0 Å². The quantitative estimate of drug-likeness (QED) is 0.551. The highest BCUT2D eigenvalue weighted by molar-refractivity contribution is 5.67. The Morgan fingerprint density at radius 3 is 2.78 bits per heavy atom. The van der Waals surface area contributed by atoms with Crippen LogP contribution in [0.1, 0.15) is 5.56 Å². The van der Waals surface area contributed by atoms with Crippen molar-refractivity contribution in [2.75, 3.05) is 19.0 Å². The van der Waals surface area contributed by atoms with E-state index < -0.39 is 0 Å². The first-order chi connectivity index (χ1) is 13.3. The number of anilines is 1. The van der Waals surface area contributed by atoms with Gasteiger partial charge in [0.1, 0.15) is 5.75 Å². The summed E-state index contributed by atoms with van der Waals surface area (Å²) in [5.41, 5.74) is 5.15. The van der Waals surface area contributed by atoms with Gasteiger partial charge >= 0.3 is 0 Å². The SMILES string of the molecule is COc1ccc(/C=C/CNc2cccc(-c3ccnc4ccnn34)c2)cc1. The molecule has 0 saturated carbocycles. The van der Waals surface area contributed by atoms with E-state index >= 15 is 0 Å². The number of aromatic nitrogens is 3. The summed E-state index contributed by atoms with van der Waals surface area (Å²) < 4.78 is 7.03. The number of methoxy groups -OCH3 is 1. The van der Waals surface area contributed by atoms with Crippen molar-refractivity contribution in [3.05, 3.63) is 84.7 Å². The van der Waals surface area contributed by atoms with Gasteiger partial charge in [-0.25, -0.2) is 9.50 Å². The maximum atomic E-state index is 5.18. The Bertz CT molecular complexity index is 1070. The smallest absolute Gasteiger partial charge is 0.155 e. The van der Waals surface area contributed by atoms with Crippen LogP contribution in [0.3, 0.4) is 0 Å². The van der Waals surface area contributed by atoms with E-state index in [1.165, 1.54) is 0 Å². The Morgan fingerprint density at radius 2 is 1.93 bits per heavy atom. The lowest BCUT2D eigenvalue weighted by Gasteiger charge is -2.08. The zero-order chi connectivity index (χ0) is 18.5. The second kappa shape index (κ2) is 7.74. The maximum absolute atomic E-state index is 5.18. The Kier molecular flexibility index (Phi) is 4.83. The van der Waals surface area contributed by atoms with Crippen molar-refractivity contribution in [3.63, 3.8) is 0 Å². The van der Waals surface area contributed by atoms with Crippen LogP contribution in [-0.2, 0) is 0 Å². The van der Waals surface area contributed by atoms with Gasteiger partial charge in [0, 0.05) is 30.1 Å². The van der Waals surface area contributed by atoms with E-state index in [0.29, 0.717) is 0 Å². The lowest BCUT2D eigenvalue weighted by Crippen LogP contribution is -1.99. The highest BCUT2D eigenvalue weighted by Gasteiger charge is 2.05. The zero-order valence-electron chi connectivity index (χ0n) is 15.0. The van der Waals surface area contributed by atoms with E-state index in [2.05, 4.69) is 45.8 Å². The summed E-state index contributed by atoms with van der Waals surface area (Å²) >= 11 is 0. The van der Waals surface area contributed by atoms with E-state index in [1.807, 2.05) is 53.2 Å². The Labute approximate surface area is 158 Å². The van der Waals surface area contributed by atoms with Crippen LogP contribution in [0.15, 0.2) is 79.1 Å². The van der Waals surface area contributed by atoms with Crippen molar-refractivity contribution < 1.29 is 4.74 Å². The van der Waals surface area contributed by atoms with Crippen molar-refractivity contribution >= 4 is 17.4 Å². The number of nitrogens with one attached hydrogen (secondary N) is 1. The Morgan fingerprint density at radius 1 is 1.04 bits per heavy atom. The van der Waals surface area contributed by atoms with Crippen molar-refractivity contribution in [2.45, 2.75) is 0 Å². The van der Waals surface area contributed by atoms with Gasteiger partial charge in [0.25, 0.3) is 0 Å². The molecule has 0 bridgehead atoms. The molecule has 0 fully saturated rings. The third-order valence-electron chi connectivity index (χ3n) is 4.30. The molecule has 5 nitrogen and oxygen atoms in total. The molecule has 0 atom stereocenters. The second-order valence-corrected chi connectivity index (χ2v) is 6.07. The highest BCUT2D eigenvalue weighted by atomic mass is 16.5. The molecule has 0 aliphatic heterocycles. The zero-order valence-corrected chi connectivity index (χ0v) is 15.0. The molecule has 0 spiro atoms. The number of benzene rings is 2. The first-order valence-electron chi connectivity index (χ1n) is 8.77. The summed E-state index contributed by atoms with van der Waals surface area (Å²) in [7, 11) is 1.67. The van der Waals surface area contributed by atoms with Crippen molar-refractivity contribution in [1.82, 2.24) is 14.6 Å². The van der Waals surface area contributed by atoms with Crippen molar-refractivity contribution in [2.24, 2.45) is 0 Å². The summed E-state index contributed by atoms with van der Waals surface area (Å²) in [5.74, 6) is 0.865. The number of hydrogen-bond donors (Lipinski definition) is 1. The van der Waals surface area contributed by atoms with Crippen LogP contribution in [0.4, 0.5) is 5.69 Å². The van der Waals surface area contributed by atoms with Gasteiger partial charge in [-0.2, -0.15) is 5.10 Å². The molecule has 2 aromatic heterocycles. The number of ether oxygens (including phenoxy) is 1. The molecule has 27 heavy (non-hydrogen) atoms. The predicted molar refractivity (Wildman–Crippen MR) is 109 cm³/mol. The normalized spacial score (nSPS) is 11.1. The molecule has 0 aliphatic carbocycles. The van der Waals surface area contributed by atoms with E-state index in [1.54, 1.807) is 13.3 Å². The number of hydrogen-bond acceptors (Lipinski definition) is 4. The van der Waals surface area contributed by atoms with Gasteiger partial charge in [-0.1, -0.05) is 36.4 Å². The van der Waals surface area contributed by atoms with Gasteiger partial charge in [-0.05, 0) is 35.9 Å². The minimum absolute atomic E-state index is 0.739. The van der Waals surface area contributed by atoms with Gasteiger partial charge in [0.05, 0.1) is 19.0 Å². The fourth-order valence-corrected chi connectivity index (χ4v) is 2.93. The molecule has 0 radical (unpaired) electrons. The average Bonchev–Trinajstić information content (AvgIpc) is 3.21. The third-order valence-corrected chi connectivity index (χ3v) is 4.30. The van der Waals surface area contributed by atoms with Crippen LogP contribution in [0.25, 0.3) is 23.0 Å². The van der Waals surface area contributed by atoms with Crippen LogP contribution < -0.4 is 10.1 Å². The average molecular weight is 356 g/mol. The highest BCUT2D eigenvalue weighted by Crippen LogP contribution is 2.22. The summed E-state index contributed by atoms with van der Waals surface area (Å²) in [6.07, 6.45) is 7.76. The minimum atomic E-state index is 0.739. The summed E-state index contributed by atoms with van der Waals surface area (Å²) in [6.45, 7) is 0.739. The summed E-state index contributed by atoms with van der Waals surface area (Å²) in [5, 5.41) is 7.79. The molecule has 0 amide bonds. The first-order valence-corrected chi connectivity index (χ1v) is 8.77. The van der Waals surface area contributed by atoms with Crippen molar-refractivity contribution in [1.29, 1.82) is 0 Å². The number of nitrogens with zero attached hydrogens (tertiary/aromatic N) is 3. The van der Waals surface area contributed by atoms with E-state index in [4.69, 9.17) is 4.74 Å². The molecule has 0 unspecified atom stereocenters. The van der Waals surface area contributed by atoms with Gasteiger partial charge in [-0.3, -0.25) is 0 Å². The van der Waals surface area contributed by atoms with Gasteiger partial charge in [0.15, 0.2) is 5.65 Å². The number of fused-ring (bicyclic) bond motifs is 1. The lowest BCUT2D eigenvalue weighted by atomic mass is 10.1. The molecular formula is C22H20N4O. The molecule has 1 N–H and O–H groups in total. The molecule has 2 heterocycles. The monoisotopic (exact) mass is 356 g/mol.